The molecule has 108 valence electrons. The summed E-state index contributed by atoms with van der Waals surface area (Å²) in [6.07, 6.45) is 6.89. The Hall–Kier alpha value is -1.60. The summed E-state index contributed by atoms with van der Waals surface area (Å²) in [5.41, 5.74) is 11.8. The van der Waals surface area contributed by atoms with E-state index in [0.717, 1.165) is 37.5 Å². The van der Waals surface area contributed by atoms with Gasteiger partial charge < -0.3 is 21.7 Å². The zero-order chi connectivity index (χ0) is 14.1. The molecule has 1 fully saturated rings. The highest BCUT2D eigenvalue weighted by atomic mass is 32.1. The molecule has 5 N–H and O–H groups in total. The van der Waals surface area contributed by atoms with Crippen molar-refractivity contribution in [3.63, 3.8) is 0 Å². The van der Waals surface area contributed by atoms with Gasteiger partial charge >= 0.3 is 0 Å². The van der Waals surface area contributed by atoms with E-state index in [-0.39, 0.29) is 18.0 Å². The smallest absolute Gasteiger partial charge is 0.265 e. The van der Waals surface area contributed by atoms with Crippen LogP contribution in [0, 0.1) is 0 Å². The van der Waals surface area contributed by atoms with E-state index < -0.39 is 0 Å². The van der Waals surface area contributed by atoms with Crippen LogP contribution in [-0.4, -0.2) is 36.1 Å². The van der Waals surface area contributed by atoms with E-state index in [1.807, 2.05) is 0 Å². The minimum Gasteiger partial charge on any atom is -0.382 e. The average Bonchev–Trinajstić information content (AvgIpc) is 3.10. The van der Waals surface area contributed by atoms with Crippen molar-refractivity contribution in [1.82, 2.24) is 10.3 Å². The summed E-state index contributed by atoms with van der Waals surface area (Å²) in [5, 5.41) is 3.79. The number of rotatable bonds is 3. The summed E-state index contributed by atoms with van der Waals surface area (Å²) in [5.74, 6) is 0.192. The fourth-order valence-electron chi connectivity index (χ4n) is 2.57. The van der Waals surface area contributed by atoms with Gasteiger partial charge in [-0.2, -0.15) is 0 Å². The van der Waals surface area contributed by atoms with Crippen LogP contribution in [-0.2, 0) is 0 Å². The number of amides is 1. The fraction of sp³-hybridized carbons (Fsp3) is 0.538. The molecule has 1 aliphatic heterocycles. The second kappa shape index (κ2) is 5.41. The summed E-state index contributed by atoms with van der Waals surface area (Å²) < 4.78 is 0. The van der Waals surface area contributed by atoms with Crippen LogP contribution in [0.2, 0.25) is 0 Å². The molecule has 1 aliphatic carbocycles. The quantitative estimate of drug-likeness (QED) is 0.713. The predicted octanol–water partition coefficient (Wildman–Crippen LogP) is 0.711. The summed E-state index contributed by atoms with van der Waals surface area (Å²) in [4.78, 5) is 19.1. The monoisotopic (exact) mass is 293 g/mol. The number of hydrogen-bond donors (Lipinski definition) is 3. The summed E-state index contributed by atoms with van der Waals surface area (Å²) in [6, 6.07) is 0.370. The first-order valence-corrected chi connectivity index (χ1v) is 7.68. The summed E-state index contributed by atoms with van der Waals surface area (Å²) in [6.45, 7) is 1.66. The summed E-state index contributed by atoms with van der Waals surface area (Å²) >= 11 is 1.35. The topological polar surface area (TPSA) is 97.3 Å². The molecular weight excluding hydrogens is 274 g/mol. The number of carbonyl (C=O) groups excluding carboxylic acids is 1. The van der Waals surface area contributed by atoms with Crippen LogP contribution >= 0.6 is 11.3 Å². The molecule has 1 unspecified atom stereocenters. The third-order valence-electron chi connectivity index (χ3n) is 3.69. The van der Waals surface area contributed by atoms with E-state index in [9.17, 15) is 4.79 Å². The van der Waals surface area contributed by atoms with Crippen LogP contribution in [0.15, 0.2) is 12.2 Å². The van der Waals surface area contributed by atoms with E-state index in [0.29, 0.717) is 10.7 Å². The molecule has 1 aromatic rings. The third kappa shape index (κ3) is 2.64. The van der Waals surface area contributed by atoms with Crippen molar-refractivity contribution < 1.29 is 4.79 Å². The van der Waals surface area contributed by atoms with Crippen molar-refractivity contribution in [1.29, 1.82) is 0 Å². The Morgan fingerprint density at radius 1 is 1.45 bits per heavy atom. The number of nitrogen functional groups attached to an aromatic ring is 1. The molecule has 2 heterocycles. The molecule has 20 heavy (non-hydrogen) atoms. The number of nitrogens with zero attached hydrogens (tertiary/aromatic N) is 2. The van der Waals surface area contributed by atoms with Crippen LogP contribution in [0.3, 0.4) is 0 Å². The average molecular weight is 293 g/mol. The number of thiazole rings is 1. The lowest BCUT2D eigenvalue weighted by Gasteiger charge is -2.13. The number of nitrogens with two attached hydrogens (primary N) is 2. The lowest BCUT2D eigenvalue weighted by atomic mass is 10.2. The van der Waals surface area contributed by atoms with E-state index >= 15 is 0 Å². The highest BCUT2D eigenvalue weighted by Crippen LogP contribution is 2.30. The second-order valence-corrected chi connectivity index (χ2v) is 6.30. The highest BCUT2D eigenvalue weighted by molar-refractivity contribution is 7.18. The zero-order valence-electron chi connectivity index (χ0n) is 11.2. The van der Waals surface area contributed by atoms with Crippen LogP contribution in [0.1, 0.15) is 28.9 Å². The molecule has 0 saturated carbocycles. The predicted molar refractivity (Wildman–Crippen MR) is 81.0 cm³/mol. The first-order valence-electron chi connectivity index (χ1n) is 6.86. The SMILES string of the molecule is Nc1nc(N2CCC(N)C2)sc1C(=O)NC1CC=CC1. The molecular formula is C13H19N5OS. The lowest BCUT2D eigenvalue weighted by molar-refractivity contribution is 0.0944. The van der Waals surface area contributed by atoms with Crippen molar-refractivity contribution >= 4 is 28.2 Å². The van der Waals surface area contributed by atoms with Crippen LogP contribution in [0.5, 0.6) is 0 Å². The number of hydrogen-bond acceptors (Lipinski definition) is 6. The van der Waals surface area contributed by atoms with E-state index in [1.54, 1.807) is 0 Å². The Labute approximate surface area is 121 Å². The van der Waals surface area contributed by atoms with Gasteiger partial charge in [0.15, 0.2) is 5.13 Å². The van der Waals surface area contributed by atoms with Crippen LogP contribution < -0.4 is 21.7 Å². The minimum atomic E-state index is -0.122. The van der Waals surface area contributed by atoms with Gasteiger partial charge in [0.25, 0.3) is 5.91 Å². The van der Waals surface area contributed by atoms with Crippen molar-refractivity contribution in [2.45, 2.75) is 31.3 Å². The Bertz CT molecular complexity index is 533. The molecule has 1 amide bonds. The summed E-state index contributed by atoms with van der Waals surface area (Å²) in [7, 11) is 0. The van der Waals surface area contributed by atoms with Gasteiger partial charge in [0.2, 0.25) is 0 Å². The van der Waals surface area contributed by atoms with Gasteiger partial charge in [-0.25, -0.2) is 4.98 Å². The van der Waals surface area contributed by atoms with Gasteiger partial charge in [-0.1, -0.05) is 23.5 Å². The Kier molecular flexibility index (Phi) is 3.62. The zero-order valence-corrected chi connectivity index (χ0v) is 12.0. The van der Waals surface area contributed by atoms with Gasteiger partial charge in [-0.15, -0.1) is 0 Å². The molecule has 3 rings (SSSR count). The molecule has 0 spiro atoms. The molecule has 0 aromatic carbocycles. The van der Waals surface area contributed by atoms with Gasteiger partial charge in [-0.05, 0) is 19.3 Å². The van der Waals surface area contributed by atoms with E-state index in [4.69, 9.17) is 11.5 Å². The molecule has 0 bridgehead atoms. The molecule has 1 atom stereocenters. The van der Waals surface area contributed by atoms with E-state index in [2.05, 4.69) is 27.4 Å². The van der Waals surface area contributed by atoms with Crippen LogP contribution in [0.25, 0.3) is 0 Å². The number of anilines is 2. The van der Waals surface area contributed by atoms with Crippen molar-refractivity contribution in [2.24, 2.45) is 5.73 Å². The molecule has 6 nitrogen and oxygen atoms in total. The number of aromatic nitrogens is 1. The molecule has 1 aromatic heterocycles. The Morgan fingerprint density at radius 3 is 2.85 bits per heavy atom. The Morgan fingerprint density at radius 2 is 2.20 bits per heavy atom. The van der Waals surface area contributed by atoms with Gasteiger partial charge in [0.05, 0.1) is 0 Å². The molecule has 7 heteroatoms. The highest BCUT2D eigenvalue weighted by Gasteiger charge is 2.25. The van der Waals surface area contributed by atoms with Crippen LogP contribution in [0.4, 0.5) is 10.9 Å². The van der Waals surface area contributed by atoms with Crippen molar-refractivity contribution in [3.05, 3.63) is 17.0 Å². The largest absolute Gasteiger partial charge is 0.382 e. The maximum Gasteiger partial charge on any atom is 0.265 e. The minimum absolute atomic E-state index is 0.122. The lowest BCUT2D eigenvalue weighted by Crippen LogP contribution is -2.32. The Balaban J connectivity index is 1.70. The molecule has 1 saturated heterocycles. The maximum atomic E-state index is 12.2. The van der Waals surface area contributed by atoms with Gasteiger partial charge in [0.1, 0.15) is 10.7 Å². The second-order valence-electron chi connectivity index (χ2n) is 5.32. The van der Waals surface area contributed by atoms with Crippen molar-refractivity contribution in [3.8, 4) is 0 Å². The van der Waals surface area contributed by atoms with E-state index in [1.165, 1.54) is 11.3 Å². The fourth-order valence-corrected chi connectivity index (χ4v) is 3.49. The van der Waals surface area contributed by atoms with Crippen molar-refractivity contribution in [2.75, 3.05) is 23.7 Å². The maximum absolute atomic E-state index is 12.2. The normalized spacial score (nSPS) is 22.6. The number of carbonyl (C=O) groups is 1. The molecule has 2 aliphatic rings. The van der Waals surface area contributed by atoms with Gasteiger partial charge in [0, 0.05) is 25.2 Å². The third-order valence-corrected chi connectivity index (χ3v) is 4.82. The molecule has 0 radical (unpaired) electrons. The first-order chi connectivity index (χ1) is 9.63. The standard InChI is InChI=1S/C13H19N5OS/c14-8-5-6-18(7-8)13-17-11(15)10(20-13)12(19)16-9-3-1-2-4-9/h1-2,8-9H,3-7,14-15H2,(H,16,19). The first kappa shape index (κ1) is 13.4. The van der Waals surface area contributed by atoms with Gasteiger partial charge in [-0.3, -0.25) is 4.79 Å². The number of nitrogens with one attached hydrogen (secondary N) is 1.